The van der Waals surface area contributed by atoms with Crippen LogP contribution >= 0.6 is 0 Å². The van der Waals surface area contributed by atoms with E-state index < -0.39 is 20.0 Å². The van der Waals surface area contributed by atoms with E-state index in [4.69, 9.17) is 0 Å². The minimum absolute atomic E-state index is 0.0210. The lowest BCUT2D eigenvalue weighted by atomic mass is 10.1. The number of nitrogens with one attached hydrogen (secondary N) is 3. The van der Waals surface area contributed by atoms with E-state index in [0.29, 0.717) is 11.1 Å². The topological polar surface area (TPSA) is 121 Å². The van der Waals surface area contributed by atoms with Crippen LogP contribution in [0, 0.1) is 0 Å². The van der Waals surface area contributed by atoms with Crippen LogP contribution in [-0.2, 0) is 32.3 Å². The van der Waals surface area contributed by atoms with Crippen LogP contribution in [0.5, 0.6) is 0 Å². The lowest BCUT2D eigenvalue weighted by molar-refractivity contribution is 0.0951. The van der Waals surface area contributed by atoms with Crippen LogP contribution < -0.4 is 14.8 Å². The summed E-state index contributed by atoms with van der Waals surface area (Å²) in [7, 11) is -5.51. The van der Waals surface area contributed by atoms with Gasteiger partial charge in [-0.2, -0.15) is 0 Å². The average molecular weight is 438 g/mol. The Morgan fingerprint density at radius 2 is 1.52 bits per heavy atom. The second-order valence-electron chi connectivity index (χ2n) is 6.88. The molecule has 2 aromatic rings. The van der Waals surface area contributed by atoms with Crippen molar-refractivity contribution in [2.75, 3.05) is 7.05 Å². The molecule has 1 fully saturated rings. The first-order valence-electron chi connectivity index (χ1n) is 9.08. The van der Waals surface area contributed by atoms with Gasteiger partial charge >= 0.3 is 0 Å². The van der Waals surface area contributed by atoms with E-state index in [-0.39, 0.29) is 29.1 Å². The monoisotopic (exact) mass is 437 g/mol. The Morgan fingerprint density at radius 3 is 2.07 bits per heavy atom. The molecule has 0 spiro atoms. The highest BCUT2D eigenvalue weighted by atomic mass is 32.2. The van der Waals surface area contributed by atoms with Crippen LogP contribution in [-0.4, -0.2) is 35.8 Å². The van der Waals surface area contributed by atoms with E-state index in [0.717, 1.165) is 18.4 Å². The first kappa shape index (κ1) is 21.4. The summed E-state index contributed by atoms with van der Waals surface area (Å²) in [6, 6.07) is 12.7. The third-order valence-corrected chi connectivity index (χ3v) is 7.34. The highest BCUT2D eigenvalue weighted by Crippen LogP contribution is 2.22. The summed E-state index contributed by atoms with van der Waals surface area (Å²) in [4.78, 5) is 12.4. The quantitative estimate of drug-likeness (QED) is 0.543. The first-order chi connectivity index (χ1) is 13.7. The Morgan fingerprint density at radius 1 is 0.931 bits per heavy atom. The third kappa shape index (κ3) is 6.10. The Hall–Kier alpha value is -2.27. The second kappa shape index (κ2) is 8.62. The van der Waals surface area contributed by atoms with Crippen LogP contribution in [0.4, 0.5) is 0 Å². The molecule has 0 atom stereocenters. The van der Waals surface area contributed by atoms with Gasteiger partial charge in [0.15, 0.2) is 0 Å². The van der Waals surface area contributed by atoms with E-state index in [1.165, 1.54) is 31.3 Å². The van der Waals surface area contributed by atoms with Gasteiger partial charge in [-0.3, -0.25) is 4.79 Å². The molecule has 0 aliphatic heterocycles. The second-order valence-corrected chi connectivity index (χ2v) is 10.5. The van der Waals surface area contributed by atoms with Crippen molar-refractivity contribution in [2.45, 2.75) is 36.1 Å². The molecular formula is C19H23N3O5S2. The summed E-state index contributed by atoms with van der Waals surface area (Å²) in [5, 5.41) is 2.76. The number of amides is 1. The molecule has 2 aromatic carbocycles. The summed E-state index contributed by atoms with van der Waals surface area (Å²) in [6.45, 7) is 0.265. The lowest BCUT2D eigenvalue weighted by Crippen LogP contribution is -2.26. The fourth-order valence-corrected chi connectivity index (χ4v) is 4.68. The fraction of sp³-hybridized carbons (Fsp3) is 0.316. The average Bonchev–Trinajstić information content (AvgIpc) is 3.50. The Bertz CT molecular complexity index is 1080. The van der Waals surface area contributed by atoms with E-state index >= 15 is 0 Å². The number of hydrogen-bond donors (Lipinski definition) is 3. The van der Waals surface area contributed by atoms with Crippen LogP contribution in [0.1, 0.15) is 34.3 Å². The van der Waals surface area contributed by atoms with Crippen molar-refractivity contribution in [3.63, 3.8) is 0 Å². The van der Waals surface area contributed by atoms with Crippen molar-refractivity contribution < 1.29 is 21.6 Å². The van der Waals surface area contributed by atoms with Crippen molar-refractivity contribution in [3.05, 3.63) is 65.2 Å². The maximum Gasteiger partial charge on any atom is 0.251 e. The highest BCUT2D eigenvalue weighted by molar-refractivity contribution is 7.89. The Kier molecular flexibility index (Phi) is 6.37. The van der Waals surface area contributed by atoms with Crippen molar-refractivity contribution in [2.24, 2.45) is 0 Å². The zero-order chi connectivity index (χ0) is 21.1. The maximum atomic E-state index is 12.3. The number of sulfonamides is 2. The van der Waals surface area contributed by atoms with Gasteiger partial charge in [0.1, 0.15) is 0 Å². The standard InChI is InChI=1S/C19H23N3O5S2/c1-20-28(24,25)13-15-4-2-14(3-5-15)12-21-19(23)16-6-10-18(11-7-16)29(26,27)22-17-8-9-17/h2-7,10-11,17,20,22H,8-9,12-13H2,1H3,(H,21,23). The number of carbonyl (C=O) groups excluding carboxylic acids is 1. The maximum absolute atomic E-state index is 12.3. The molecule has 1 saturated carbocycles. The first-order valence-corrected chi connectivity index (χ1v) is 12.2. The third-order valence-electron chi connectivity index (χ3n) is 4.47. The van der Waals surface area contributed by atoms with Gasteiger partial charge in [-0.15, -0.1) is 0 Å². The zero-order valence-corrected chi connectivity index (χ0v) is 17.5. The largest absolute Gasteiger partial charge is 0.348 e. The zero-order valence-electron chi connectivity index (χ0n) is 15.9. The summed E-state index contributed by atoms with van der Waals surface area (Å²) in [6.07, 6.45) is 1.71. The molecule has 3 rings (SSSR count). The SMILES string of the molecule is CNS(=O)(=O)Cc1ccc(CNC(=O)c2ccc(S(=O)(=O)NC3CC3)cc2)cc1. The Labute approximate surface area is 170 Å². The predicted molar refractivity (Wildman–Crippen MR) is 109 cm³/mol. The van der Waals surface area contributed by atoms with Gasteiger partial charge in [0, 0.05) is 18.2 Å². The molecule has 10 heteroatoms. The summed E-state index contributed by atoms with van der Waals surface area (Å²) in [5.74, 6) is -0.438. The number of benzene rings is 2. The predicted octanol–water partition coefficient (Wildman–Crippen LogP) is 1.11. The van der Waals surface area contributed by atoms with Gasteiger partial charge in [0.2, 0.25) is 20.0 Å². The van der Waals surface area contributed by atoms with Gasteiger partial charge in [0.05, 0.1) is 10.6 Å². The molecule has 1 aliphatic carbocycles. The number of carbonyl (C=O) groups is 1. The minimum Gasteiger partial charge on any atom is -0.348 e. The molecule has 3 N–H and O–H groups in total. The Balaban J connectivity index is 1.56. The highest BCUT2D eigenvalue weighted by Gasteiger charge is 2.27. The van der Waals surface area contributed by atoms with Crippen molar-refractivity contribution in [1.29, 1.82) is 0 Å². The minimum atomic E-state index is -3.54. The van der Waals surface area contributed by atoms with Crippen LogP contribution in [0.3, 0.4) is 0 Å². The van der Waals surface area contributed by atoms with Gasteiger partial charge in [-0.1, -0.05) is 24.3 Å². The van der Waals surface area contributed by atoms with E-state index in [2.05, 4.69) is 14.8 Å². The molecule has 0 unspecified atom stereocenters. The number of rotatable bonds is 9. The number of hydrogen-bond acceptors (Lipinski definition) is 5. The summed E-state index contributed by atoms with van der Waals surface area (Å²) < 4.78 is 52.3. The van der Waals surface area contributed by atoms with E-state index in [1.54, 1.807) is 24.3 Å². The fourth-order valence-electron chi connectivity index (χ4n) is 2.60. The molecule has 0 radical (unpaired) electrons. The molecule has 0 bridgehead atoms. The molecule has 0 aromatic heterocycles. The van der Waals surface area contributed by atoms with Crippen molar-refractivity contribution in [3.8, 4) is 0 Å². The van der Waals surface area contributed by atoms with E-state index in [9.17, 15) is 21.6 Å². The summed E-state index contributed by atoms with van der Waals surface area (Å²) >= 11 is 0. The van der Waals surface area contributed by atoms with Gasteiger partial charge in [-0.25, -0.2) is 26.3 Å². The van der Waals surface area contributed by atoms with Crippen LogP contribution in [0.2, 0.25) is 0 Å². The van der Waals surface area contributed by atoms with Gasteiger partial charge in [0.25, 0.3) is 5.91 Å². The van der Waals surface area contributed by atoms with E-state index in [1.807, 2.05) is 0 Å². The summed E-state index contributed by atoms with van der Waals surface area (Å²) in [5.41, 5.74) is 1.81. The van der Waals surface area contributed by atoms with Gasteiger partial charge in [-0.05, 0) is 55.3 Å². The van der Waals surface area contributed by atoms with Crippen molar-refractivity contribution in [1.82, 2.24) is 14.8 Å². The van der Waals surface area contributed by atoms with Gasteiger partial charge < -0.3 is 5.32 Å². The van der Waals surface area contributed by atoms with Crippen LogP contribution in [0.15, 0.2) is 53.4 Å². The van der Waals surface area contributed by atoms with Crippen LogP contribution in [0.25, 0.3) is 0 Å². The molecule has 156 valence electrons. The molecule has 1 aliphatic rings. The molecule has 0 heterocycles. The molecular weight excluding hydrogens is 414 g/mol. The normalized spacial score (nSPS) is 14.5. The smallest absolute Gasteiger partial charge is 0.251 e. The van der Waals surface area contributed by atoms with Crippen molar-refractivity contribution >= 4 is 26.0 Å². The molecule has 29 heavy (non-hydrogen) atoms. The molecule has 1 amide bonds. The lowest BCUT2D eigenvalue weighted by Gasteiger charge is -2.08. The molecule has 0 saturated heterocycles. The molecule has 8 nitrogen and oxygen atoms in total.